The first-order chi connectivity index (χ1) is 17.7. The number of rotatable bonds is 9. The molecule has 0 spiro atoms. The van der Waals surface area contributed by atoms with Crippen LogP contribution in [0.3, 0.4) is 0 Å². The average Bonchev–Trinajstić information content (AvgIpc) is 3.27. The summed E-state index contributed by atoms with van der Waals surface area (Å²) in [5, 5.41) is 1.42. The highest BCUT2D eigenvalue weighted by Gasteiger charge is 2.26. The lowest BCUT2D eigenvalue weighted by Gasteiger charge is -2.28. The number of fused-ring (bicyclic) bond motifs is 1. The Morgan fingerprint density at radius 1 is 0.973 bits per heavy atom. The van der Waals surface area contributed by atoms with E-state index in [0.717, 1.165) is 17.0 Å². The van der Waals surface area contributed by atoms with Crippen LogP contribution in [-0.2, 0) is 22.6 Å². The fraction of sp³-hybridized carbons (Fsp3) is 0.345. The third kappa shape index (κ3) is 6.65. The predicted molar refractivity (Wildman–Crippen MR) is 146 cm³/mol. The molecule has 0 N–H and O–H groups in total. The summed E-state index contributed by atoms with van der Waals surface area (Å²) in [4.78, 5) is 25.0. The molecule has 4 rings (SSSR count). The van der Waals surface area contributed by atoms with Crippen molar-refractivity contribution in [1.82, 2.24) is 14.6 Å². The van der Waals surface area contributed by atoms with Crippen molar-refractivity contribution in [2.24, 2.45) is 0 Å². The Labute approximate surface area is 218 Å². The fourth-order valence-corrected chi connectivity index (χ4v) is 4.03. The van der Waals surface area contributed by atoms with E-state index in [2.05, 4.69) is 29.2 Å². The summed E-state index contributed by atoms with van der Waals surface area (Å²) in [6, 6.07) is 22.5. The van der Waals surface area contributed by atoms with E-state index in [-0.39, 0.29) is 6.73 Å². The average molecular weight is 502 g/mol. The summed E-state index contributed by atoms with van der Waals surface area (Å²) in [5.41, 5.74) is 3.95. The molecule has 4 aromatic rings. The topological polar surface area (TPSA) is 72.7 Å². The Balaban J connectivity index is 1.79. The van der Waals surface area contributed by atoms with Gasteiger partial charge in [-0.2, -0.15) is 5.01 Å². The van der Waals surface area contributed by atoms with E-state index in [0.29, 0.717) is 25.2 Å². The van der Waals surface area contributed by atoms with Crippen LogP contribution in [0.15, 0.2) is 73.1 Å². The van der Waals surface area contributed by atoms with Gasteiger partial charge in [-0.15, -0.1) is 0 Å². The van der Waals surface area contributed by atoms with Crippen LogP contribution >= 0.6 is 0 Å². The Hall–Kier alpha value is -3.91. The van der Waals surface area contributed by atoms with Crippen molar-refractivity contribution in [2.75, 3.05) is 23.2 Å². The number of pyridine rings is 1. The monoisotopic (exact) mass is 501 g/mol. The number of carbonyl (C=O) groups is 1. The van der Waals surface area contributed by atoms with Gasteiger partial charge in [-0.25, -0.2) is 19.4 Å². The van der Waals surface area contributed by atoms with E-state index in [9.17, 15) is 4.79 Å². The number of ether oxygens (including phenoxy) is 2. The zero-order valence-electron chi connectivity index (χ0n) is 22.2. The molecule has 0 unspecified atom stereocenters. The van der Waals surface area contributed by atoms with Crippen LogP contribution in [0.25, 0.3) is 11.0 Å². The number of imidazole rings is 1. The van der Waals surface area contributed by atoms with Gasteiger partial charge >= 0.3 is 6.09 Å². The first-order valence-electron chi connectivity index (χ1n) is 12.5. The van der Waals surface area contributed by atoms with Crippen LogP contribution < -0.4 is 9.91 Å². The molecule has 37 heavy (non-hydrogen) atoms. The molecule has 2 aromatic carbocycles. The second kappa shape index (κ2) is 11.4. The van der Waals surface area contributed by atoms with Crippen LogP contribution in [0.5, 0.6) is 0 Å². The van der Waals surface area contributed by atoms with Crippen molar-refractivity contribution >= 4 is 22.9 Å². The van der Waals surface area contributed by atoms with Crippen LogP contribution in [0.2, 0.25) is 0 Å². The lowest BCUT2D eigenvalue weighted by atomic mass is 10.1. The van der Waals surface area contributed by atoms with E-state index in [1.54, 1.807) is 11.0 Å². The van der Waals surface area contributed by atoms with E-state index in [4.69, 9.17) is 19.4 Å². The van der Waals surface area contributed by atoms with Gasteiger partial charge in [0.25, 0.3) is 0 Å². The number of anilines is 1. The quantitative estimate of drug-likeness (QED) is 0.269. The first-order valence-corrected chi connectivity index (χ1v) is 12.5. The van der Waals surface area contributed by atoms with Gasteiger partial charge in [-0.3, -0.25) is 0 Å². The first kappa shape index (κ1) is 26.2. The Morgan fingerprint density at radius 2 is 1.57 bits per heavy atom. The van der Waals surface area contributed by atoms with Crippen molar-refractivity contribution < 1.29 is 14.3 Å². The molecule has 2 aromatic heterocycles. The number of benzene rings is 2. The second-order valence-electron chi connectivity index (χ2n) is 9.87. The molecule has 0 atom stereocenters. The Bertz CT molecular complexity index is 1270. The molecular formula is C29H35N5O3. The van der Waals surface area contributed by atoms with Crippen molar-refractivity contribution in [3.8, 4) is 0 Å². The van der Waals surface area contributed by atoms with Crippen LogP contribution in [-0.4, -0.2) is 39.7 Å². The molecule has 1 amide bonds. The van der Waals surface area contributed by atoms with Gasteiger partial charge in [0.2, 0.25) is 0 Å². The SMILES string of the molecule is CCOCN(C(=O)OC(C)(C)C)n1cnc2c(N(Cc3ccccc3)Cc3ccccc3)nc(C)cc21. The minimum absolute atomic E-state index is 0.0331. The predicted octanol–water partition coefficient (Wildman–Crippen LogP) is 5.81. The molecule has 194 valence electrons. The van der Waals surface area contributed by atoms with Crippen LogP contribution in [0.4, 0.5) is 10.6 Å². The van der Waals surface area contributed by atoms with Crippen LogP contribution in [0.1, 0.15) is 44.5 Å². The maximum Gasteiger partial charge on any atom is 0.431 e. The zero-order chi connectivity index (χ0) is 26.4. The molecule has 0 aliphatic rings. The van der Waals surface area contributed by atoms with Gasteiger partial charge in [0.1, 0.15) is 24.2 Å². The largest absolute Gasteiger partial charge is 0.442 e. The molecule has 0 aliphatic heterocycles. The number of hydrogen-bond acceptors (Lipinski definition) is 6. The van der Waals surface area contributed by atoms with E-state index in [1.165, 1.54) is 16.1 Å². The lowest BCUT2D eigenvalue weighted by molar-refractivity contribution is 0.0430. The number of aryl methyl sites for hydroxylation is 1. The van der Waals surface area contributed by atoms with Crippen molar-refractivity contribution in [2.45, 2.75) is 53.3 Å². The Morgan fingerprint density at radius 3 is 2.11 bits per heavy atom. The molecule has 0 radical (unpaired) electrons. The number of amides is 1. The maximum atomic E-state index is 13.1. The van der Waals surface area contributed by atoms with Crippen LogP contribution in [0, 0.1) is 6.92 Å². The fourth-order valence-electron chi connectivity index (χ4n) is 4.03. The normalized spacial score (nSPS) is 11.5. The molecule has 0 bridgehead atoms. The number of carbonyl (C=O) groups excluding carboxylic acids is 1. The smallest absolute Gasteiger partial charge is 0.431 e. The second-order valence-corrected chi connectivity index (χ2v) is 9.87. The van der Waals surface area contributed by atoms with Crippen molar-refractivity contribution in [1.29, 1.82) is 0 Å². The lowest BCUT2D eigenvalue weighted by Crippen LogP contribution is -2.45. The standard InChI is InChI=1S/C29H35N5O3/c1-6-36-21-34(28(35)37-29(3,4)5)33-20-30-26-25(33)17-22(2)31-27(26)32(18-23-13-9-7-10-14-23)19-24-15-11-8-12-16-24/h7-17,20H,6,18-19,21H2,1-5H3. The number of hydrogen-bond donors (Lipinski definition) is 0. The minimum Gasteiger partial charge on any atom is -0.442 e. The summed E-state index contributed by atoms with van der Waals surface area (Å²) >= 11 is 0. The van der Waals surface area contributed by atoms with Gasteiger partial charge in [0.15, 0.2) is 5.82 Å². The summed E-state index contributed by atoms with van der Waals surface area (Å²) in [7, 11) is 0. The molecule has 8 heteroatoms. The van der Waals surface area contributed by atoms with Gasteiger partial charge in [0.05, 0.1) is 5.52 Å². The van der Waals surface area contributed by atoms with Gasteiger partial charge in [0, 0.05) is 25.4 Å². The highest BCUT2D eigenvalue weighted by atomic mass is 16.6. The third-order valence-electron chi connectivity index (χ3n) is 5.64. The molecule has 2 heterocycles. The highest BCUT2D eigenvalue weighted by Crippen LogP contribution is 2.28. The minimum atomic E-state index is -0.650. The van der Waals surface area contributed by atoms with E-state index < -0.39 is 11.7 Å². The maximum absolute atomic E-state index is 13.1. The van der Waals surface area contributed by atoms with Gasteiger partial charge in [-0.05, 0) is 51.8 Å². The van der Waals surface area contributed by atoms with Crippen molar-refractivity contribution in [3.63, 3.8) is 0 Å². The van der Waals surface area contributed by atoms with E-state index in [1.807, 2.05) is 77.1 Å². The summed E-state index contributed by atoms with van der Waals surface area (Å²) < 4.78 is 13.0. The third-order valence-corrected chi connectivity index (χ3v) is 5.64. The molecule has 0 aliphatic carbocycles. The molecular weight excluding hydrogens is 466 g/mol. The number of aromatic nitrogens is 3. The molecule has 0 saturated carbocycles. The number of nitrogens with zero attached hydrogens (tertiary/aromatic N) is 5. The van der Waals surface area contributed by atoms with Gasteiger partial charge < -0.3 is 14.4 Å². The summed E-state index contributed by atoms with van der Waals surface area (Å²) in [6.07, 6.45) is 1.11. The molecule has 8 nitrogen and oxygen atoms in total. The van der Waals surface area contributed by atoms with E-state index >= 15 is 0 Å². The van der Waals surface area contributed by atoms with Crippen molar-refractivity contribution in [3.05, 3.63) is 89.9 Å². The summed E-state index contributed by atoms with van der Waals surface area (Å²) in [5.74, 6) is 0.752. The Kier molecular flexibility index (Phi) is 8.08. The molecule has 0 saturated heterocycles. The van der Waals surface area contributed by atoms with Gasteiger partial charge in [-0.1, -0.05) is 60.7 Å². The molecule has 0 fully saturated rings. The highest BCUT2D eigenvalue weighted by molar-refractivity contribution is 5.89. The summed E-state index contributed by atoms with van der Waals surface area (Å²) in [6.45, 7) is 11.2. The zero-order valence-corrected chi connectivity index (χ0v) is 22.2.